The van der Waals surface area contributed by atoms with Gasteiger partial charge in [0.1, 0.15) is 12.4 Å². The smallest absolute Gasteiger partial charge is 0.199 e. The van der Waals surface area contributed by atoms with Crippen molar-refractivity contribution in [2.45, 2.75) is 13.5 Å². The highest BCUT2D eigenvalue weighted by Gasteiger charge is 2.10. The van der Waals surface area contributed by atoms with Gasteiger partial charge in [0.25, 0.3) is 0 Å². The predicted molar refractivity (Wildman–Crippen MR) is 89.3 cm³/mol. The number of ether oxygens (including phenoxy) is 1. The minimum Gasteiger partial charge on any atom is -0.486 e. The van der Waals surface area contributed by atoms with Crippen LogP contribution in [0.25, 0.3) is 5.69 Å². The number of hydrogen-bond acceptors (Lipinski definition) is 3. The molecule has 3 aromatic rings. The average Bonchev–Trinajstić information content (AvgIpc) is 2.88. The zero-order valence-corrected chi connectivity index (χ0v) is 13.5. The summed E-state index contributed by atoms with van der Waals surface area (Å²) in [7, 11) is 0. The number of para-hydroxylation sites is 1. The van der Waals surface area contributed by atoms with E-state index in [2.05, 4.69) is 10.2 Å². The fourth-order valence-corrected chi connectivity index (χ4v) is 2.54. The maximum atomic E-state index is 5.86. The molecule has 0 radical (unpaired) electrons. The third-order valence-corrected chi connectivity index (χ3v) is 3.81. The minimum absolute atomic E-state index is 0.309. The van der Waals surface area contributed by atoms with Crippen molar-refractivity contribution in [3.8, 4) is 11.4 Å². The molecule has 6 heteroatoms. The Morgan fingerprint density at radius 1 is 1.18 bits per heavy atom. The van der Waals surface area contributed by atoms with E-state index in [-0.39, 0.29) is 0 Å². The lowest BCUT2D eigenvalue weighted by Crippen LogP contribution is -2.07. The Labute approximate surface area is 138 Å². The molecule has 0 spiro atoms. The molecule has 2 aromatic carbocycles. The molecule has 1 aromatic heterocycles. The first-order valence-corrected chi connectivity index (χ1v) is 7.54. The number of nitrogens with one attached hydrogen (secondary N) is 1. The third kappa shape index (κ3) is 3.05. The van der Waals surface area contributed by atoms with Crippen molar-refractivity contribution in [3.05, 3.63) is 69.7 Å². The summed E-state index contributed by atoms with van der Waals surface area (Å²) in [5.41, 5.74) is 2.11. The standard InChI is InChI=1S/C16H14ClN3OS/c1-11-4-2-3-5-14(11)20-15(18-19-16(20)22)10-21-13-8-6-12(17)7-9-13/h2-9H,10H2,1H3,(H,19,22). The van der Waals surface area contributed by atoms with Crippen LogP contribution in [-0.2, 0) is 6.61 Å². The molecule has 1 N–H and O–H groups in total. The Kier molecular flexibility index (Phi) is 4.27. The number of aryl methyl sites for hydroxylation is 1. The molecule has 0 amide bonds. The summed E-state index contributed by atoms with van der Waals surface area (Å²) in [6, 6.07) is 15.2. The van der Waals surface area contributed by atoms with Gasteiger partial charge in [0.15, 0.2) is 10.6 Å². The minimum atomic E-state index is 0.309. The van der Waals surface area contributed by atoms with Crippen molar-refractivity contribution in [1.82, 2.24) is 14.8 Å². The van der Waals surface area contributed by atoms with Gasteiger partial charge in [-0.2, -0.15) is 5.10 Å². The molecule has 112 valence electrons. The van der Waals surface area contributed by atoms with E-state index in [1.165, 1.54) is 0 Å². The van der Waals surface area contributed by atoms with Gasteiger partial charge in [-0.15, -0.1) is 0 Å². The van der Waals surface area contributed by atoms with E-state index in [1.807, 2.05) is 47.9 Å². The monoisotopic (exact) mass is 331 g/mol. The van der Waals surface area contributed by atoms with Crippen molar-refractivity contribution in [1.29, 1.82) is 0 Å². The first-order valence-electron chi connectivity index (χ1n) is 6.76. The Morgan fingerprint density at radius 3 is 2.64 bits per heavy atom. The molecular formula is C16H14ClN3OS. The van der Waals surface area contributed by atoms with E-state index in [0.717, 1.165) is 17.0 Å². The lowest BCUT2D eigenvalue weighted by molar-refractivity contribution is 0.293. The summed E-state index contributed by atoms with van der Waals surface area (Å²) in [4.78, 5) is 0. The number of nitrogens with zero attached hydrogens (tertiary/aromatic N) is 2. The Hall–Kier alpha value is -2.11. The summed E-state index contributed by atoms with van der Waals surface area (Å²) < 4.78 is 8.19. The van der Waals surface area contributed by atoms with E-state index in [4.69, 9.17) is 28.6 Å². The summed E-state index contributed by atoms with van der Waals surface area (Å²) >= 11 is 11.2. The van der Waals surface area contributed by atoms with Crippen LogP contribution in [0.1, 0.15) is 11.4 Å². The van der Waals surface area contributed by atoms with Gasteiger partial charge in [0.2, 0.25) is 0 Å². The highest BCUT2D eigenvalue weighted by molar-refractivity contribution is 7.71. The fraction of sp³-hybridized carbons (Fsp3) is 0.125. The highest BCUT2D eigenvalue weighted by atomic mass is 35.5. The van der Waals surface area contributed by atoms with Crippen LogP contribution in [0.3, 0.4) is 0 Å². The number of H-pyrrole nitrogens is 1. The molecule has 0 aliphatic heterocycles. The van der Waals surface area contributed by atoms with Gasteiger partial charge < -0.3 is 4.74 Å². The van der Waals surface area contributed by atoms with E-state index < -0.39 is 0 Å². The van der Waals surface area contributed by atoms with Gasteiger partial charge in [0, 0.05) is 5.02 Å². The van der Waals surface area contributed by atoms with Crippen LogP contribution < -0.4 is 4.74 Å². The molecule has 0 bridgehead atoms. The predicted octanol–water partition coefficient (Wildman–Crippen LogP) is 4.47. The normalized spacial score (nSPS) is 10.6. The third-order valence-electron chi connectivity index (χ3n) is 3.28. The second-order valence-corrected chi connectivity index (χ2v) is 5.63. The molecule has 0 atom stereocenters. The number of hydrogen-bond donors (Lipinski definition) is 1. The number of halogens is 1. The molecule has 0 saturated heterocycles. The molecule has 3 rings (SSSR count). The van der Waals surface area contributed by atoms with Gasteiger partial charge in [-0.1, -0.05) is 29.8 Å². The number of benzene rings is 2. The van der Waals surface area contributed by atoms with E-state index in [1.54, 1.807) is 12.1 Å². The van der Waals surface area contributed by atoms with Gasteiger partial charge in [-0.05, 0) is 55.0 Å². The van der Waals surface area contributed by atoms with Crippen LogP contribution in [0.2, 0.25) is 5.02 Å². The van der Waals surface area contributed by atoms with Crippen molar-refractivity contribution in [3.63, 3.8) is 0 Å². The maximum absolute atomic E-state index is 5.86. The van der Waals surface area contributed by atoms with Crippen molar-refractivity contribution < 1.29 is 4.74 Å². The van der Waals surface area contributed by atoms with Crippen molar-refractivity contribution >= 4 is 23.8 Å². The lowest BCUT2D eigenvalue weighted by atomic mass is 10.2. The van der Waals surface area contributed by atoms with Crippen molar-refractivity contribution in [2.75, 3.05) is 0 Å². The molecular weight excluding hydrogens is 318 g/mol. The topological polar surface area (TPSA) is 42.8 Å². The largest absolute Gasteiger partial charge is 0.486 e. The Balaban J connectivity index is 1.88. The van der Waals surface area contributed by atoms with Crippen LogP contribution in [0.4, 0.5) is 0 Å². The Morgan fingerprint density at radius 2 is 1.91 bits per heavy atom. The SMILES string of the molecule is Cc1ccccc1-n1c(COc2ccc(Cl)cc2)n[nH]c1=S. The number of aromatic nitrogens is 3. The molecule has 1 heterocycles. The first-order chi connectivity index (χ1) is 10.6. The molecule has 0 aliphatic carbocycles. The van der Waals surface area contributed by atoms with E-state index >= 15 is 0 Å². The average molecular weight is 332 g/mol. The van der Waals surface area contributed by atoms with Crippen LogP contribution in [-0.4, -0.2) is 14.8 Å². The summed E-state index contributed by atoms with van der Waals surface area (Å²) in [5.74, 6) is 1.45. The molecule has 0 unspecified atom stereocenters. The van der Waals surface area contributed by atoms with E-state index in [9.17, 15) is 0 Å². The van der Waals surface area contributed by atoms with Gasteiger partial charge in [-0.3, -0.25) is 9.67 Å². The molecule has 0 aliphatic rings. The number of rotatable bonds is 4. The van der Waals surface area contributed by atoms with Gasteiger partial charge in [0.05, 0.1) is 5.69 Å². The molecule has 4 nitrogen and oxygen atoms in total. The maximum Gasteiger partial charge on any atom is 0.199 e. The van der Waals surface area contributed by atoms with Crippen LogP contribution in [0.5, 0.6) is 5.75 Å². The first kappa shape index (κ1) is 14.8. The van der Waals surface area contributed by atoms with Crippen molar-refractivity contribution in [2.24, 2.45) is 0 Å². The molecule has 0 fully saturated rings. The van der Waals surface area contributed by atoms with Gasteiger partial charge in [-0.25, -0.2) is 0 Å². The highest BCUT2D eigenvalue weighted by Crippen LogP contribution is 2.19. The second kappa shape index (κ2) is 6.34. The fourth-order valence-electron chi connectivity index (χ4n) is 2.17. The zero-order valence-electron chi connectivity index (χ0n) is 11.9. The Bertz CT molecular complexity index is 839. The van der Waals surface area contributed by atoms with Crippen LogP contribution in [0.15, 0.2) is 48.5 Å². The van der Waals surface area contributed by atoms with Crippen LogP contribution in [0, 0.1) is 11.7 Å². The van der Waals surface area contributed by atoms with Gasteiger partial charge >= 0.3 is 0 Å². The molecule has 0 saturated carbocycles. The van der Waals surface area contributed by atoms with Crippen LogP contribution >= 0.6 is 23.8 Å². The number of aromatic amines is 1. The lowest BCUT2D eigenvalue weighted by Gasteiger charge is -2.10. The summed E-state index contributed by atoms with van der Waals surface area (Å²) in [5, 5.41) is 7.76. The zero-order chi connectivity index (χ0) is 15.5. The summed E-state index contributed by atoms with van der Waals surface area (Å²) in [6.07, 6.45) is 0. The van der Waals surface area contributed by atoms with E-state index in [0.29, 0.717) is 22.2 Å². The second-order valence-electron chi connectivity index (χ2n) is 4.81. The quantitative estimate of drug-likeness (QED) is 0.717. The molecule has 22 heavy (non-hydrogen) atoms. The summed E-state index contributed by atoms with van der Waals surface area (Å²) in [6.45, 7) is 2.34.